The molecule has 1 heterocycles. The summed E-state index contributed by atoms with van der Waals surface area (Å²) in [5.74, 6) is 1.40. The Morgan fingerprint density at radius 2 is 1.93 bits per heavy atom. The first-order valence-corrected chi connectivity index (χ1v) is 10.2. The maximum absolute atomic E-state index is 12.2. The molecule has 1 N–H and O–H groups in total. The Bertz CT molecular complexity index is 956. The fourth-order valence-electron chi connectivity index (χ4n) is 2.64. The number of aromatic nitrogens is 1. The number of hydrogen-bond donors (Lipinski definition) is 1. The fraction of sp³-hybridized carbons (Fsp3) is 0.273. The number of carbonyl (C=O) groups excluding carboxylic acids is 1. The van der Waals surface area contributed by atoms with E-state index >= 15 is 0 Å². The molecule has 1 aromatic heterocycles. The summed E-state index contributed by atoms with van der Waals surface area (Å²) in [6.07, 6.45) is 0. The molecule has 0 atom stereocenters. The Balaban J connectivity index is 1.63. The number of carbonyl (C=O) groups is 1. The van der Waals surface area contributed by atoms with Crippen molar-refractivity contribution in [3.8, 4) is 22.1 Å². The highest BCUT2D eigenvalue weighted by Gasteiger charge is 2.12. The summed E-state index contributed by atoms with van der Waals surface area (Å²) in [5, 5.41) is 5.45. The quantitative estimate of drug-likeness (QED) is 0.582. The minimum Gasteiger partial charge on any atom is -0.497 e. The summed E-state index contributed by atoms with van der Waals surface area (Å²) >= 11 is 1.44. The second kappa shape index (κ2) is 10.0. The normalized spacial score (nSPS) is 10.8. The second-order valence-electron chi connectivity index (χ2n) is 6.77. The number of benzene rings is 2. The lowest BCUT2D eigenvalue weighted by Crippen LogP contribution is -2.31. The van der Waals surface area contributed by atoms with Crippen molar-refractivity contribution in [2.24, 2.45) is 0 Å². The Hall–Kier alpha value is -2.90. The van der Waals surface area contributed by atoms with Crippen LogP contribution in [0.2, 0.25) is 0 Å². The molecule has 0 aliphatic carbocycles. The van der Waals surface area contributed by atoms with Crippen molar-refractivity contribution >= 4 is 17.2 Å². The van der Waals surface area contributed by atoms with Crippen molar-refractivity contribution in [3.05, 3.63) is 65.2 Å². The molecule has 2 aromatic carbocycles. The molecular weight excluding hydrogens is 386 g/mol. The number of nitrogens with zero attached hydrogens (tertiary/aromatic N) is 2. The molecule has 0 fully saturated rings. The molecule has 0 saturated heterocycles. The summed E-state index contributed by atoms with van der Waals surface area (Å²) in [6.45, 7) is 1.82. The molecule has 7 heteroatoms. The lowest BCUT2D eigenvalue weighted by molar-refractivity contribution is 0.0947. The number of hydrogen-bond acceptors (Lipinski definition) is 6. The van der Waals surface area contributed by atoms with Crippen LogP contribution in [0.1, 0.15) is 16.1 Å². The summed E-state index contributed by atoms with van der Waals surface area (Å²) in [5.41, 5.74) is 2.39. The molecule has 3 rings (SSSR count). The van der Waals surface area contributed by atoms with E-state index in [2.05, 4.69) is 10.3 Å². The van der Waals surface area contributed by atoms with Gasteiger partial charge in [0.1, 0.15) is 28.8 Å². The fourth-order valence-corrected chi connectivity index (χ4v) is 3.44. The van der Waals surface area contributed by atoms with Crippen LogP contribution in [0.25, 0.3) is 10.6 Å². The lowest BCUT2D eigenvalue weighted by Gasteiger charge is -2.09. The predicted molar refractivity (Wildman–Crippen MR) is 116 cm³/mol. The largest absolute Gasteiger partial charge is 0.497 e. The van der Waals surface area contributed by atoms with Crippen LogP contribution >= 0.6 is 11.3 Å². The number of likely N-dealkylation sites (N-methyl/N-ethyl adjacent to an activating group) is 1. The van der Waals surface area contributed by atoms with Crippen LogP contribution < -0.4 is 14.8 Å². The smallest absolute Gasteiger partial charge is 0.270 e. The van der Waals surface area contributed by atoms with Crippen molar-refractivity contribution in [2.75, 3.05) is 34.3 Å². The molecular formula is C22H25N3O3S. The lowest BCUT2D eigenvalue weighted by atomic mass is 10.2. The van der Waals surface area contributed by atoms with Gasteiger partial charge in [-0.05, 0) is 43.9 Å². The molecule has 0 radical (unpaired) electrons. The van der Waals surface area contributed by atoms with Gasteiger partial charge in [-0.3, -0.25) is 4.79 Å². The number of ether oxygens (including phenoxy) is 2. The van der Waals surface area contributed by atoms with E-state index in [1.165, 1.54) is 11.3 Å². The molecule has 1 amide bonds. The minimum absolute atomic E-state index is 0.153. The zero-order chi connectivity index (χ0) is 20.6. The van der Waals surface area contributed by atoms with Gasteiger partial charge < -0.3 is 19.7 Å². The highest BCUT2D eigenvalue weighted by molar-refractivity contribution is 7.13. The van der Waals surface area contributed by atoms with Gasteiger partial charge in [-0.15, -0.1) is 11.3 Å². The van der Waals surface area contributed by atoms with Crippen LogP contribution in [0, 0.1) is 0 Å². The zero-order valence-corrected chi connectivity index (χ0v) is 17.7. The first-order valence-electron chi connectivity index (χ1n) is 9.30. The molecule has 0 aliphatic rings. The van der Waals surface area contributed by atoms with E-state index in [9.17, 15) is 4.79 Å². The first kappa shape index (κ1) is 20.8. The molecule has 0 saturated carbocycles. The van der Waals surface area contributed by atoms with E-state index in [-0.39, 0.29) is 5.91 Å². The van der Waals surface area contributed by atoms with E-state index in [1.54, 1.807) is 12.5 Å². The van der Waals surface area contributed by atoms with Crippen LogP contribution in [0.15, 0.2) is 53.9 Å². The first-order chi connectivity index (χ1) is 14.0. The third-order valence-corrected chi connectivity index (χ3v) is 5.09. The summed E-state index contributed by atoms with van der Waals surface area (Å²) in [6, 6.07) is 15.5. The van der Waals surface area contributed by atoms with Crippen molar-refractivity contribution in [1.82, 2.24) is 15.2 Å². The average molecular weight is 412 g/mol. The minimum atomic E-state index is -0.153. The molecule has 0 bridgehead atoms. The Labute approximate surface area is 175 Å². The molecule has 6 nitrogen and oxygen atoms in total. The molecule has 3 aromatic rings. The van der Waals surface area contributed by atoms with E-state index in [0.29, 0.717) is 18.8 Å². The van der Waals surface area contributed by atoms with Gasteiger partial charge in [0.2, 0.25) is 0 Å². The van der Waals surface area contributed by atoms with Gasteiger partial charge >= 0.3 is 0 Å². The summed E-state index contributed by atoms with van der Waals surface area (Å²) < 4.78 is 11.2. The standard InChI is InChI=1S/C22H25N3O3S/c1-25(2)11-10-23-21(26)20-15-29-22(24-20)17-7-5-9-19(13-17)28-14-16-6-4-8-18(12-16)27-3/h4-9,12-13,15H,10-11,14H2,1-3H3,(H,23,26). The van der Waals surface area contributed by atoms with E-state index in [0.717, 1.165) is 34.2 Å². The maximum atomic E-state index is 12.2. The van der Waals surface area contributed by atoms with Crippen LogP contribution in [0.4, 0.5) is 0 Å². The molecule has 0 unspecified atom stereocenters. The van der Waals surface area contributed by atoms with E-state index < -0.39 is 0 Å². The zero-order valence-electron chi connectivity index (χ0n) is 16.8. The van der Waals surface area contributed by atoms with Crippen LogP contribution in [0.5, 0.6) is 11.5 Å². The number of methoxy groups -OCH3 is 1. The number of rotatable bonds is 9. The molecule has 152 valence electrons. The second-order valence-corrected chi connectivity index (χ2v) is 7.62. The Kier molecular flexibility index (Phi) is 7.21. The van der Waals surface area contributed by atoms with Crippen molar-refractivity contribution in [2.45, 2.75) is 6.61 Å². The van der Waals surface area contributed by atoms with Crippen molar-refractivity contribution in [1.29, 1.82) is 0 Å². The van der Waals surface area contributed by atoms with E-state index in [1.807, 2.05) is 67.5 Å². The van der Waals surface area contributed by atoms with Crippen LogP contribution in [-0.2, 0) is 6.61 Å². The maximum Gasteiger partial charge on any atom is 0.270 e. The van der Waals surface area contributed by atoms with Gasteiger partial charge in [-0.1, -0.05) is 24.3 Å². The van der Waals surface area contributed by atoms with Crippen LogP contribution in [-0.4, -0.2) is 50.1 Å². The van der Waals surface area contributed by atoms with Crippen molar-refractivity contribution in [3.63, 3.8) is 0 Å². The third kappa shape index (κ3) is 6.04. The Morgan fingerprint density at radius 1 is 1.14 bits per heavy atom. The van der Waals surface area contributed by atoms with Gasteiger partial charge in [0.15, 0.2) is 0 Å². The number of thiazole rings is 1. The van der Waals surface area contributed by atoms with Gasteiger partial charge in [-0.2, -0.15) is 0 Å². The van der Waals surface area contributed by atoms with Crippen LogP contribution in [0.3, 0.4) is 0 Å². The third-order valence-electron chi connectivity index (χ3n) is 4.20. The summed E-state index contributed by atoms with van der Waals surface area (Å²) in [4.78, 5) is 18.7. The highest BCUT2D eigenvalue weighted by atomic mass is 32.1. The monoisotopic (exact) mass is 411 g/mol. The number of nitrogens with one attached hydrogen (secondary N) is 1. The Morgan fingerprint density at radius 3 is 2.72 bits per heavy atom. The molecule has 0 spiro atoms. The average Bonchev–Trinajstić information content (AvgIpc) is 3.23. The topological polar surface area (TPSA) is 63.7 Å². The number of amides is 1. The van der Waals surface area contributed by atoms with Gasteiger partial charge in [0, 0.05) is 24.0 Å². The predicted octanol–water partition coefficient (Wildman–Crippen LogP) is 3.69. The molecule has 0 aliphatic heterocycles. The molecule has 29 heavy (non-hydrogen) atoms. The van der Waals surface area contributed by atoms with Gasteiger partial charge in [-0.25, -0.2) is 4.98 Å². The van der Waals surface area contributed by atoms with E-state index in [4.69, 9.17) is 9.47 Å². The van der Waals surface area contributed by atoms with Crippen molar-refractivity contribution < 1.29 is 14.3 Å². The van der Waals surface area contributed by atoms with Gasteiger partial charge in [0.05, 0.1) is 7.11 Å². The van der Waals surface area contributed by atoms with Gasteiger partial charge in [0.25, 0.3) is 5.91 Å². The SMILES string of the molecule is COc1cccc(COc2cccc(-c3nc(C(=O)NCCN(C)C)cs3)c2)c1. The summed E-state index contributed by atoms with van der Waals surface area (Å²) in [7, 11) is 5.58. The highest BCUT2D eigenvalue weighted by Crippen LogP contribution is 2.27.